The van der Waals surface area contributed by atoms with Crippen molar-refractivity contribution >= 4 is 28.2 Å². The lowest BCUT2D eigenvalue weighted by Crippen LogP contribution is -2.16. The minimum absolute atomic E-state index is 0.187. The molecule has 0 aliphatic heterocycles. The molecule has 144 valence electrons. The van der Waals surface area contributed by atoms with Crippen molar-refractivity contribution in [1.29, 1.82) is 0 Å². The highest BCUT2D eigenvalue weighted by atomic mass is 32.1. The highest BCUT2D eigenvalue weighted by Gasteiger charge is 2.27. The van der Waals surface area contributed by atoms with Crippen LogP contribution in [0, 0.1) is 0 Å². The minimum atomic E-state index is -0.318. The number of carbonyl (C=O) groups excluding carboxylic acids is 2. The Morgan fingerprint density at radius 1 is 1.15 bits per heavy atom. The van der Waals surface area contributed by atoms with Crippen LogP contribution in [0.25, 0.3) is 0 Å². The van der Waals surface area contributed by atoms with E-state index in [-0.39, 0.29) is 11.9 Å². The molecule has 1 aliphatic carbocycles. The van der Waals surface area contributed by atoms with Gasteiger partial charge in [0.1, 0.15) is 5.00 Å². The molecule has 1 aliphatic rings. The number of carbonyl (C=O) groups is 2. The van der Waals surface area contributed by atoms with Gasteiger partial charge >= 0.3 is 5.97 Å². The van der Waals surface area contributed by atoms with Crippen LogP contribution in [-0.2, 0) is 17.6 Å². The van der Waals surface area contributed by atoms with Crippen molar-refractivity contribution < 1.29 is 14.3 Å². The van der Waals surface area contributed by atoms with E-state index in [1.165, 1.54) is 21.8 Å². The first-order chi connectivity index (χ1) is 13.0. The molecule has 27 heavy (non-hydrogen) atoms. The average Bonchev–Trinajstić information content (AvgIpc) is 3.04. The maximum absolute atomic E-state index is 12.7. The zero-order valence-electron chi connectivity index (χ0n) is 16.3. The van der Waals surface area contributed by atoms with E-state index in [4.69, 9.17) is 4.74 Å². The highest BCUT2D eigenvalue weighted by molar-refractivity contribution is 7.17. The molecule has 2 aromatic rings. The van der Waals surface area contributed by atoms with E-state index in [0.717, 1.165) is 37.7 Å². The van der Waals surface area contributed by atoms with Crippen LogP contribution in [0.4, 0.5) is 5.00 Å². The fourth-order valence-electron chi connectivity index (χ4n) is 3.33. The Balaban J connectivity index is 1.85. The number of aryl methyl sites for hydroxylation is 1. The maximum atomic E-state index is 12.7. The topological polar surface area (TPSA) is 55.4 Å². The SMILES string of the molecule is CCCOC(=O)c1c(NC(=O)c2ccc(C(C)C)cc2)sc2c1CCCC2. The van der Waals surface area contributed by atoms with Crippen LogP contribution >= 0.6 is 11.3 Å². The zero-order chi connectivity index (χ0) is 19.4. The van der Waals surface area contributed by atoms with E-state index >= 15 is 0 Å². The summed E-state index contributed by atoms with van der Waals surface area (Å²) in [6.07, 6.45) is 4.82. The Labute approximate surface area is 164 Å². The third-order valence-electron chi connectivity index (χ3n) is 4.88. The van der Waals surface area contributed by atoms with Crippen LogP contribution in [0.1, 0.15) is 82.7 Å². The fourth-order valence-corrected chi connectivity index (χ4v) is 4.60. The van der Waals surface area contributed by atoms with E-state index in [0.29, 0.717) is 28.7 Å². The smallest absolute Gasteiger partial charge is 0.341 e. The Kier molecular flexibility index (Phi) is 6.32. The number of esters is 1. The molecule has 3 rings (SSSR count). The van der Waals surface area contributed by atoms with Crippen molar-refractivity contribution in [1.82, 2.24) is 0 Å². The molecule has 0 saturated carbocycles. The predicted octanol–water partition coefficient (Wildman–Crippen LogP) is 5.57. The second kappa shape index (κ2) is 8.70. The standard InChI is InChI=1S/C22H27NO3S/c1-4-13-26-22(25)19-17-7-5-6-8-18(17)27-21(19)23-20(24)16-11-9-15(10-12-16)14(2)3/h9-12,14H,4-8,13H2,1-3H3,(H,23,24). The van der Waals surface area contributed by atoms with Crippen molar-refractivity contribution in [2.45, 2.75) is 58.8 Å². The molecule has 0 saturated heterocycles. The van der Waals surface area contributed by atoms with Crippen LogP contribution < -0.4 is 5.32 Å². The summed E-state index contributed by atoms with van der Waals surface area (Å²) in [5.74, 6) is -0.0822. The average molecular weight is 386 g/mol. The second-order valence-electron chi connectivity index (χ2n) is 7.28. The molecule has 0 fully saturated rings. The van der Waals surface area contributed by atoms with Crippen LogP contribution in [0.2, 0.25) is 0 Å². The van der Waals surface area contributed by atoms with Gasteiger partial charge in [-0.2, -0.15) is 0 Å². The van der Waals surface area contributed by atoms with Gasteiger partial charge in [0, 0.05) is 10.4 Å². The lowest BCUT2D eigenvalue weighted by molar-refractivity contribution is 0.0505. The van der Waals surface area contributed by atoms with Crippen molar-refractivity contribution in [3.63, 3.8) is 0 Å². The van der Waals surface area contributed by atoms with E-state index in [1.807, 2.05) is 31.2 Å². The lowest BCUT2D eigenvalue weighted by Gasteiger charge is -2.12. The Hall–Kier alpha value is -2.14. The van der Waals surface area contributed by atoms with Gasteiger partial charge in [-0.05, 0) is 61.3 Å². The summed E-state index contributed by atoms with van der Waals surface area (Å²) < 4.78 is 5.39. The molecule has 0 atom stereocenters. The number of nitrogens with one attached hydrogen (secondary N) is 1. The van der Waals surface area contributed by atoms with Crippen LogP contribution in [0.5, 0.6) is 0 Å². The maximum Gasteiger partial charge on any atom is 0.341 e. The molecule has 0 bridgehead atoms. The van der Waals surface area contributed by atoms with Gasteiger partial charge in [-0.3, -0.25) is 4.79 Å². The number of anilines is 1. The number of fused-ring (bicyclic) bond motifs is 1. The summed E-state index contributed by atoms with van der Waals surface area (Å²) >= 11 is 1.52. The number of hydrogen-bond donors (Lipinski definition) is 1. The quantitative estimate of drug-likeness (QED) is 0.661. The number of hydrogen-bond acceptors (Lipinski definition) is 4. The van der Waals surface area contributed by atoms with Gasteiger partial charge in [0.15, 0.2) is 0 Å². The van der Waals surface area contributed by atoms with Gasteiger partial charge < -0.3 is 10.1 Å². The molecule has 4 nitrogen and oxygen atoms in total. The summed E-state index contributed by atoms with van der Waals surface area (Å²) in [6, 6.07) is 7.64. The van der Waals surface area contributed by atoms with Crippen molar-refractivity contribution in [2.75, 3.05) is 11.9 Å². The molecule has 1 heterocycles. The van der Waals surface area contributed by atoms with E-state index < -0.39 is 0 Å². The summed E-state index contributed by atoms with van der Waals surface area (Å²) in [7, 11) is 0. The molecule has 1 amide bonds. The monoisotopic (exact) mass is 385 g/mol. The summed E-state index contributed by atoms with van der Waals surface area (Å²) in [6.45, 7) is 6.62. The molecule has 1 N–H and O–H groups in total. The molecule has 1 aromatic heterocycles. The third-order valence-corrected chi connectivity index (χ3v) is 6.09. The Morgan fingerprint density at radius 2 is 1.85 bits per heavy atom. The van der Waals surface area contributed by atoms with Crippen molar-refractivity contribution in [3.05, 3.63) is 51.4 Å². The van der Waals surface area contributed by atoms with Gasteiger partial charge in [-0.1, -0.05) is 32.9 Å². The van der Waals surface area contributed by atoms with Crippen molar-refractivity contribution in [2.24, 2.45) is 0 Å². The number of thiophene rings is 1. The summed E-state index contributed by atoms with van der Waals surface area (Å²) in [5, 5.41) is 3.59. The molecule has 1 aromatic carbocycles. The number of rotatable bonds is 6. The summed E-state index contributed by atoms with van der Waals surface area (Å²) in [4.78, 5) is 26.6. The molecule has 0 radical (unpaired) electrons. The van der Waals surface area contributed by atoms with E-state index in [9.17, 15) is 9.59 Å². The predicted molar refractivity (Wildman–Crippen MR) is 110 cm³/mol. The van der Waals surface area contributed by atoms with Crippen LogP contribution in [0.3, 0.4) is 0 Å². The first-order valence-electron chi connectivity index (χ1n) is 9.74. The number of ether oxygens (including phenoxy) is 1. The molecular weight excluding hydrogens is 358 g/mol. The van der Waals surface area contributed by atoms with Crippen LogP contribution in [0.15, 0.2) is 24.3 Å². The first kappa shape index (κ1) is 19.6. The van der Waals surface area contributed by atoms with Crippen LogP contribution in [-0.4, -0.2) is 18.5 Å². The molecule has 0 spiro atoms. The molecule has 5 heteroatoms. The van der Waals surface area contributed by atoms with Gasteiger partial charge in [-0.15, -0.1) is 11.3 Å². The molecular formula is C22H27NO3S. The fraction of sp³-hybridized carbons (Fsp3) is 0.455. The first-order valence-corrected chi connectivity index (χ1v) is 10.6. The molecule has 0 unspecified atom stereocenters. The zero-order valence-corrected chi connectivity index (χ0v) is 17.1. The third kappa shape index (κ3) is 4.41. The van der Waals surface area contributed by atoms with Crippen molar-refractivity contribution in [3.8, 4) is 0 Å². The minimum Gasteiger partial charge on any atom is -0.462 e. The lowest BCUT2D eigenvalue weighted by atomic mass is 9.95. The largest absolute Gasteiger partial charge is 0.462 e. The van der Waals surface area contributed by atoms with Gasteiger partial charge in [0.2, 0.25) is 0 Å². The number of benzene rings is 1. The van der Waals surface area contributed by atoms with Gasteiger partial charge in [-0.25, -0.2) is 4.79 Å². The van der Waals surface area contributed by atoms with Gasteiger partial charge in [0.25, 0.3) is 5.91 Å². The Bertz CT molecular complexity index is 821. The number of amides is 1. The normalized spacial score (nSPS) is 13.3. The Morgan fingerprint density at radius 3 is 2.52 bits per heavy atom. The summed E-state index contributed by atoms with van der Waals surface area (Å²) in [5.41, 5.74) is 3.42. The van der Waals surface area contributed by atoms with Gasteiger partial charge in [0.05, 0.1) is 12.2 Å². The van der Waals surface area contributed by atoms with E-state index in [1.54, 1.807) is 0 Å². The van der Waals surface area contributed by atoms with E-state index in [2.05, 4.69) is 19.2 Å². The second-order valence-corrected chi connectivity index (χ2v) is 8.39. The highest BCUT2D eigenvalue weighted by Crippen LogP contribution is 2.38.